The largest absolute Gasteiger partial charge is 0.478 e. The third-order valence-corrected chi connectivity index (χ3v) is 8.53. The van der Waals surface area contributed by atoms with Crippen LogP contribution in [0.5, 0.6) is 0 Å². The van der Waals surface area contributed by atoms with Gasteiger partial charge in [-0.05, 0) is 117 Å². The van der Waals surface area contributed by atoms with Crippen LogP contribution in [-0.2, 0) is 19.4 Å². The summed E-state index contributed by atoms with van der Waals surface area (Å²) in [6, 6.07) is 24.2. The number of hydrogen-bond acceptors (Lipinski definition) is 4. The molecule has 5 heteroatoms. The van der Waals surface area contributed by atoms with Gasteiger partial charge in [0, 0.05) is 30.8 Å². The van der Waals surface area contributed by atoms with Gasteiger partial charge in [-0.2, -0.15) is 0 Å². The smallest absolute Gasteiger partial charge is 0.335 e. The Balaban J connectivity index is 1.03. The number of nitrogens with zero attached hydrogens (tertiary/aromatic N) is 1. The van der Waals surface area contributed by atoms with Crippen molar-refractivity contribution in [2.45, 2.75) is 57.9 Å². The topological polar surface area (TPSA) is 69.6 Å². The second-order valence-corrected chi connectivity index (χ2v) is 11.4. The van der Waals surface area contributed by atoms with E-state index in [1.54, 1.807) is 12.1 Å². The molecule has 0 aromatic heterocycles. The van der Waals surface area contributed by atoms with Crippen molar-refractivity contribution in [3.8, 4) is 0 Å². The molecule has 2 N–H and O–H groups in total. The molecule has 3 aromatic carbocycles. The first-order valence-corrected chi connectivity index (χ1v) is 14.5. The number of carbonyl (C=O) groups excluding carboxylic acids is 1. The van der Waals surface area contributed by atoms with Crippen LogP contribution in [0.15, 0.2) is 72.8 Å². The molecule has 39 heavy (non-hydrogen) atoms. The van der Waals surface area contributed by atoms with Gasteiger partial charge in [-0.25, -0.2) is 4.79 Å². The number of likely N-dealkylation sites (tertiary alicyclic amines) is 1. The fourth-order valence-corrected chi connectivity index (χ4v) is 6.12. The Morgan fingerprint density at radius 2 is 1.59 bits per heavy atom. The second kappa shape index (κ2) is 13.1. The Morgan fingerprint density at radius 1 is 0.846 bits per heavy atom. The Morgan fingerprint density at radius 3 is 2.33 bits per heavy atom. The molecule has 0 radical (unpaired) electrons. The number of aromatic carboxylic acids is 1. The van der Waals surface area contributed by atoms with Gasteiger partial charge in [0.2, 0.25) is 0 Å². The zero-order valence-electron chi connectivity index (χ0n) is 22.8. The maximum Gasteiger partial charge on any atom is 0.335 e. The van der Waals surface area contributed by atoms with E-state index in [-0.39, 0.29) is 5.78 Å². The molecule has 2 heterocycles. The van der Waals surface area contributed by atoms with Gasteiger partial charge in [-0.3, -0.25) is 9.69 Å². The molecule has 5 rings (SSSR count). The van der Waals surface area contributed by atoms with Crippen LogP contribution in [0.25, 0.3) is 0 Å². The van der Waals surface area contributed by atoms with Crippen LogP contribution in [0.2, 0.25) is 0 Å². The number of rotatable bonds is 10. The highest BCUT2D eigenvalue weighted by Gasteiger charge is 2.21. The molecule has 0 bridgehead atoms. The highest BCUT2D eigenvalue weighted by Crippen LogP contribution is 2.28. The zero-order valence-corrected chi connectivity index (χ0v) is 22.8. The molecule has 1 saturated heterocycles. The van der Waals surface area contributed by atoms with Gasteiger partial charge in [-0.1, -0.05) is 42.5 Å². The first-order chi connectivity index (χ1) is 19.0. The summed E-state index contributed by atoms with van der Waals surface area (Å²) in [5, 5.41) is 12.7. The number of benzene rings is 3. The summed E-state index contributed by atoms with van der Waals surface area (Å²) in [7, 11) is 0. The molecule has 1 fully saturated rings. The van der Waals surface area contributed by atoms with Gasteiger partial charge in [0.1, 0.15) is 0 Å². The lowest BCUT2D eigenvalue weighted by Gasteiger charge is -2.32. The molecule has 2 aliphatic heterocycles. The minimum atomic E-state index is -0.882. The van der Waals surface area contributed by atoms with Crippen LogP contribution in [0.4, 0.5) is 5.69 Å². The lowest BCUT2D eigenvalue weighted by molar-refractivity contribution is 0.0696. The molecular formula is C34H40N2O3. The van der Waals surface area contributed by atoms with Crippen LogP contribution in [0.1, 0.15) is 75.9 Å². The Bertz CT molecular complexity index is 1250. The fraction of sp³-hybridized carbons (Fsp3) is 0.412. The lowest BCUT2D eigenvalue weighted by Crippen LogP contribution is -2.33. The summed E-state index contributed by atoms with van der Waals surface area (Å²) in [6.07, 6.45) is 8.26. The van der Waals surface area contributed by atoms with Crippen molar-refractivity contribution in [3.63, 3.8) is 0 Å². The van der Waals surface area contributed by atoms with Crippen molar-refractivity contribution in [1.82, 2.24) is 4.90 Å². The fourth-order valence-electron chi connectivity index (χ4n) is 6.12. The average molecular weight is 525 g/mol. The van der Waals surface area contributed by atoms with Gasteiger partial charge in [0.15, 0.2) is 5.78 Å². The van der Waals surface area contributed by atoms with E-state index in [1.807, 2.05) is 18.2 Å². The van der Waals surface area contributed by atoms with Gasteiger partial charge >= 0.3 is 5.97 Å². The minimum absolute atomic E-state index is 0.269. The van der Waals surface area contributed by atoms with E-state index in [2.05, 4.69) is 52.7 Å². The molecule has 0 saturated carbocycles. The number of piperidine rings is 1. The third kappa shape index (κ3) is 7.57. The lowest BCUT2D eigenvalue weighted by atomic mass is 9.90. The first kappa shape index (κ1) is 27.1. The van der Waals surface area contributed by atoms with Crippen molar-refractivity contribution in [1.29, 1.82) is 0 Å². The molecule has 0 spiro atoms. The normalized spacial score (nSPS) is 18.1. The number of nitrogens with one attached hydrogen (secondary N) is 1. The number of carboxylic acids is 1. The highest BCUT2D eigenvalue weighted by molar-refractivity contribution is 5.96. The Kier molecular flexibility index (Phi) is 9.10. The van der Waals surface area contributed by atoms with Crippen LogP contribution >= 0.6 is 0 Å². The monoisotopic (exact) mass is 524 g/mol. The second-order valence-electron chi connectivity index (χ2n) is 11.4. The number of anilines is 1. The predicted octanol–water partition coefficient (Wildman–Crippen LogP) is 6.87. The summed E-state index contributed by atoms with van der Waals surface area (Å²) in [5.74, 6) is 0.668. The van der Waals surface area contributed by atoms with Crippen LogP contribution in [0, 0.1) is 11.8 Å². The molecular weight excluding hydrogens is 484 g/mol. The maximum atomic E-state index is 13.0. The van der Waals surface area contributed by atoms with Crippen molar-refractivity contribution in [3.05, 3.63) is 101 Å². The number of carboxylic acid groups (broad SMARTS) is 1. The average Bonchev–Trinajstić information content (AvgIpc) is 3.16. The van der Waals surface area contributed by atoms with E-state index in [9.17, 15) is 9.59 Å². The van der Waals surface area contributed by atoms with Crippen LogP contribution in [-0.4, -0.2) is 41.4 Å². The van der Waals surface area contributed by atoms with Gasteiger partial charge in [-0.15, -0.1) is 0 Å². The number of Topliss-reactive ketones (excluding diaryl/α,β-unsaturated/α-hetero) is 1. The quantitative estimate of drug-likeness (QED) is 0.283. The van der Waals surface area contributed by atoms with Crippen LogP contribution < -0.4 is 5.32 Å². The standard InChI is InChI=1S/C34H40N2O3/c37-33(8-4-7-25-17-19-36(20-18-25)24-27-9-12-29(13-10-27)34(38)39)31-15-16-32-30(22-31)14-11-28(23-35-32)21-26-5-2-1-3-6-26/h1-3,5-6,9-10,12-13,15-16,22,25,28,35H,4,7-8,11,14,17-21,23-24H2,(H,38,39). The van der Waals surface area contributed by atoms with E-state index in [0.29, 0.717) is 23.8 Å². The van der Waals surface area contributed by atoms with E-state index in [4.69, 9.17) is 5.11 Å². The molecule has 1 atom stereocenters. The SMILES string of the molecule is O=C(O)c1ccc(CN2CCC(CCCC(=O)c3ccc4c(c3)CCC(Cc3ccccc3)CN4)CC2)cc1. The van der Waals surface area contributed by atoms with Gasteiger partial charge in [0.05, 0.1) is 5.56 Å². The highest BCUT2D eigenvalue weighted by atomic mass is 16.4. The molecule has 5 nitrogen and oxygen atoms in total. The third-order valence-electron chi connectivity index (χ3n) is 8.53. The Labute approximate surface area is 232 Å². The maximum absolute atomic E-state index is 13.0. The first-order valence-electron chi connectivity index (χ1n) is 14.5. The molecule has 2 aliphatic rings. The Hall–Kier alpha value is -3.44. The summed E-state index contributed by atoms with van der Waals surface area (Å²) in [4.78, 5) is 26.5. The molecule has 0 aliphatic carbocycles. The number of carbonyl (C=O) groups is 2. The van der Waals surface area contributed by atoms with Crippen molar-refractivity contribution in [2.24, 2.45) is 11.8 Å². The summed E-state index contributed by atoms with van der Waals surface area (Å²) < 4.78 is 0. The van der Waals surface area contributed by atoms with Crippen molar-refractivity contribution >= 4 is 17.4 Å². The van der Waals surface area contributed by atoms with Gasteiger partial charge in [0.25, 0.3) is 0 Å². The van der Waals surface area contributed by atoms with E-state index in [0.717, 1.165) is 82.3 Å². The van der Waals surface area contributed by atoms with Crippen molar-refractivity contribution in [2.75, 3.05) is 25.0 Å². The molecule has 1 unspecified atom stereocenters. The minimum Gasteiger partial charge on any atom is -0.478 e. The predicted molar refractivity (Wildman–Crippen MR) is 156 cm³/mol. The van der Waals surface area contributed by atoms with E-state index < -0.39 is 5.97 Å². The number of fused-ring (bicyclic) bond motifs is 1. The summed E-state index contributed by atoms with van der Waals surface area (Å²) >= 11 is 0. The summed E-state index contributed by atoms with van der Waals surface area (Å²) in [6.45, 7) is 3.96. The zero-order chi connectivity index (χ0) is 27.0. The molecule has 3 aromatic rings. The molecule has 204 valence electrons. The number of ketones is 1. The van der Waals surface area contributed by atoms with E-state index in [1.165, 1.54) is 16.8 Å². The number of hydrogen-bond donors (Lipinski definition) is 2. The number of aryl methyl sites for hydroxylation is 1. The summed E-state index contributed by atoms with van der Waals surface area (Å²) in [5.41, 5.74) is 6.21. The van der Waals surface area contributed by atoms with E-state index >= 15 is 0 Å². The molecule has 0 amide bonds. The van der Waals surface area contributed by atoms with Crippen LogP contribution in [0.3, 0.4) is 0 Å². The van der Waals surface area contributed by atoms with Gasteiger partial charge < -0.3 is 10.4 Å². The van der Waals surface area contributed by atoms with Crippen molar-refractivity contribution < 1.29 is 14.7 Å².